The fourth-order valence-corrected chi connectivity index (χ4v) is 2.31. The highest BCUT2D eigenvalue weighted by Gasteiger charge is 2.13. The predicted molar refractivity (Wildman–Crippen MR) is 92.3 cm³/mol. The third-order valence-electron chi connectivity index (χ3n) is 3.61. The second-order valence-electron chi connectivity index (χ2n) is 5.35. The molecule has 1 aromatic heterocycles. The van der Waals surface area contributed by atoms with Crippen molar-refractivity contribution in [3.05, 3.63) is 82.2 Å². The Bertz CT molecular complexity index is 951. The maximum Gasteiger partial charge on any atom is 0.359 e. The largest absolute Gasteiger partial charge is 0.497 e. The Morgan fingerprint density at radius 1 is 1.19 bits per heavy atom. The van der Waals surface area contributed by atoms with Crippen LogP contribution >= 0.6 is 0 Å². The van der Waals surface area contributed by atoms with Gasteiger partial charge >= 0.3 is 5.97 Å². The molecular formula is C18H15N3O5. The normalized spacial score (nSPS) is 10.3. The molecule has 8 nitrogen and oxygen atoms in total. The smallest absolute Gasteiger partial charge is 0.359 e. The molecule has 0 radical (unpaired) electrons. The number of nitro groups is 1. The van der Waals surface area contributed by atoms with Crippen molar-refractivity contribution in [3.63, 3.8) is 0 Å². The van der Waals surface area contributed by atoms with Crippen molar-refractivity contribution in [1.82, 2.24) is 9.78 Å². The summed E-state index contributed by atoms with van der Waals surface area (Å²) in [4.78, 5) is 22.5. The Kier molecular flexibility index (Phi) is 4.93. The van der Waals surface area contributed by atoms with Gasteiger partial charge in [0.05, 0.1) is 17.7 Å². The zero-order chi connectivity index (χ0) is 18.5. The number of aromatic nitrogens is 2. The summed E-state index contributed by atoms with van der Waals surface area (Å²) in [5, 5.41) is 15.0. The van der Waals surface area contributed by atoms with Gasteiger partial charge in [0.15, 0.2) is 5.69 Å². The molecule has 0 aliphatic rings. The van der Waals surface area contributed by atoms with E-state index < -0.39 is 10.9 Å². The van der Waals surface area contributed by atoms with Gasteiger partial charge in [-0.05, 0) is 29.8 Å². The molecule has 0 aliphatic heterocycles. The van der Waals surface area contributed by atoms with Crippen LogP contribution in [0.25, 0.3) is 5.69 Å². The van der Waals surface area contributed by atoms with E-state index in [1.54, 1.807) is 43.6 Å². The maximum atomic E-state index is 12.2. The van der Waals surface area contributed by atoms with Gasteiger partial charge in [-0.2, -0.15) is 5.10 Å². The fourth-order valence-electron chi connectivity index (χ4n) is 2.31. The molecule has 0 N–H and O–H groups in total. The minimum atomic E-state index is -0.586. The van der Waals surface area contributed by atoms with E-state index in [1.165, 1.54) is 22.9 Å². The highest BCUT2D eigenvalue weighted by molar-refractivity contribution is 5.87. The summed E-state index contributed by atoms with van der Waals surface area (Å²) in [6.07, 6.45) is 1.54. The second kappa shape index (κ2) is 7.47. The minimum absolute atomic E-state index is 0.0554. The van der Waals surface area contributed by atoms with E-state index in [4.69, 9.17) is 9.47 Å². The first-order valence-electron chi connectivity index (χ1n) is 7.67. The van der Waals surface area contributed by atoms with Gasteiger partial charge in [0, 0.05) is 18.3 Å². The summed E-state index contributed by atoms with van der Waals surface area (Å²) in [5.74, 6) is 0.0884. The van der Waals surface area contributed by atoms with Crippen molar-refractivity contribution in [1.29, 1.82) is 0 Å². The van der Waals surface area contributed by atoms with Gasteiger partial charge < -0.3 is 9.47 Å². The van der Waals surface area contributed by atoms with E-state index in [0.717, 1.165) is 5.56 Å². The van der Waals surface area contributed by atoms with Crippen molar-refractivity contribution >= 4 is 11.7 Å². The average Bonchev–Trinajstić information content (AvgIpc) is 3.16. The molecule has 2 aromatic carbocycles. The minimum Gasteiger partial charge on any atom is -0.497 e. The van der Waals surface area contributed by atoms with Crippen LogP contribution in [-0.4, -0.2) is 27.8 Å². The number of hydrogen-bond acceptors (Lipinski definition) is 6. The van der Waals surface area contributed by atoms with Crippen LogP contribution in [0.5, 0.6) is 5.75 Å². The Hall–Kier alpha value is -3.68. The van der Waals surface area contributed by atoms with E-state index in [1.807, 2.05) is 6.07 Å². The molecule has 0 bridgehead atoms. The van der Waals surface area contributed by atoms with E-state index in [-0.39, 0.29) is 18.0 Å². The molecule has 0 unspecified atom stereocenters. The first-order valence-corrected chi connectivity index (χ1v) is 7.67. The molecule has 0 saturated carbocycles. The fraction of sp³-hybridized carbons (Fsp3) is 0.111. The lowest BCUT2D eigenvalue weighted by Crippen LogP contribution is -2.07. The predicted octanol–water partition coefficient (Wildman–Crippen LogP) is 3.15. The molecule has 26 heavy (non-hydrogen) atoms. The van der Waals surface area contributed by atoms with Crippen LogP contribution in [0, 0.1) is 10.1 Å². The monoisotopic (exact) mass is 353 g/mol. The lowest BCUT2D eigenvalue weighted by Gasteiger charge is -2.05. The Labute approximate surface area is 148 Å². The summed E-state index contributed by atoms with van der Waals surface area (Å²) in [6.45, 7) is 0.0830. The number of ether oxygens (including phenoxy) is 2. The maximum absolute atomic E-state index is 12.2. The molecule has 0 aliphatic carbocycles. The highest BCUT2D eigenvalue weighted by atomic mass is 16.6. The van der Waals surface area contributed by atoms with Crippen LogP contribution in [0.4, 0.5) is 5.69 Å². The van der Waals surface area contributed by atoms with E-state index in [2.05, 4.69) is 5.10 Å². The summed E-state index contributed by atoms with van der Waals surface area (Å²) in [6, 6.07) is 14.7. The van der Waals surface area contributed by atoms with Gasteiger partial charge in [-0.25, -0.2) is 9.48 Å². The number of nitrogens with zero attached hydrogens (tertiary/aromatic N) is 3. The van der Waals surface area contributed by atoms with Crippen molar-refractivity contribution in [3.8, 4) is 11.4 Å². The number of nitro benzene ring substituents is 1. The van der Waals surface area contributed by atoms with E-state index in [9.17, 15) is 14.9 Å². The van der Waals surface area contributed by atoms with Gasteiger partial charge in [0.25, 0.3) is 5.69 Å². The summed E-state index contributed by atoms with van der Waals surface area (Å²) in [7, 11) is 1.56. The van der Waals surface area contributed by atoms with Crippen molar-refractivity contribution in [2.75, 3.05) is 7.11 Å². The molecule has 3 aromatic rings. The molecule has 132 valence electrons. The standard InChI is InChI=1S/C18H15N3O5/c1-25-16-7-2-4-13(10-16)12-26-18(22)17-8-9-20(19-17)14-5-3-6-15(11-14)21(23)24/h2-11H,12H2,1H3. The molecular weight excluding hydrogens is 338 g/mol. The summed E-state index contributed by atoms with van der Waals surface area (Å²) < 4.78 is 11.8. The second-order valence-corrected chi connectivity index (χ2v) is 5.35. The Morgan fingerprint density at radius 3 is 2.77 bits per heavy atom. The third-order valence-corrected chi connectivity index (χ3v) is 3.61. The topological polar surface area (TPSA) is 96.5 Å². The third kappa shape index (κ3) is 3.86. The molecule has 8 heteroatoms. The van der Waals surface area contributed by atoms with Crippen LogP contribution in [0.15, 0.2) is 60.8 Å². The number of benzene rings is 2. The average molecular weight is 353 g/mol. The number of rotatable bonds is 6. The number of hydrogen-bond donors (Lipinski definition) is 0. The molecule has 0 amide bonds. The first-order chi connectivity index (χ1) is 12.6. The van der Waals surface area contributed by atoms with Crippen LogP contribution in [0.1, 0.15) is 16.1 Å². The van der Waals surface area contributed by atoms with Gasteiger partial charge in [0.2, 0.25) is 0 Å². The van der Waals surface area contributed by atoms with Gasteiger partial charge in [-0.15, -0.1) is 0 Å². The Morgan fingerprint density at radius 2 is 2.00 bits per heavy atom. The lowest BCUT2D eigenvalue weighted by molar-refractivity contribution is -0.384. The van der Waals surface area contributed by atoms with Crippen LogP contribution in [-0.2, 0) is 11.3 Å². The summed E-state index contributed by atoms with van der Waals surface area (Å²) in [5.41, 5.74) is 1.32. The van der Waals surface area contributed by atoms with Crippen LogP contribution in [0.3, 0.4) is 0 Å². The number of methoxy groups -OCH3 is 1. The van der Waals surface area contributed by atoms with E-state index >= 15 is 0 Å². The van der Waals surface area contributed by atoms with Crippen molar-refractivity contribution in [2.45, 2.75) is 6.61 Å². The number of esters is 1. The number of non-ortho nitro benzene ring substituents is 1. The van der Waals surface area contributed by atoms with Crippen molar-refractivity contribution in [2.24, 2.45) is 0 Å². The zero-order valence-corrected chi connectivity index (χ0v) is 13.9. The van der Waals surface area contributed by atoms with Gasteiger partial charge in [-0.1, -0.05) is 18.2 Å². The summed E-state index contributed by atoms with van der Waals surface area (Å²) >= 11 is 0. The number of carbonyl (C=O) groups excluding carboxylic acids is 1. The molecule has 0 fully saturated rings. The van der Waals surface area contributed by atoms with Gasteiger partial charge in [-0.3, -0.25) is 10.1 Å². The van der Waals surface area contributed by atoms with E-state index in [0.29, 0.717) is 11.4 Å². The first kappa shape index (κ1) is 17.2. The molecule has 0 atom stereocenters. The highest BCUT2D eigenvalue weighted by Crippen LogP contribution is 2.17. The molecule has 1 heterocycles. The van der Waals surface area contributed by atoms with Crippen LogP contribution < -0.4 is 4.74 Å². The molecule has 3 rings (SSSR count). The lowest BCUT2D eigenvalue weighted by atomic mass is 10.2. The Balaban J connectivity index is 1.70. The molecule has 0 saturated heterocycles. The van der Waals surface area contributed by atoms with Crippen molar-refractivity contribution < 1.29 is 19.2 Å². The SMILES string of the molecule is COc1cccc(COC(=O)c2ccn(-c3cccc([N+](=O)[O-])c3)n2)c1. The quantitative estimate of drug-likeness (QED) is 0.384. The zero-order valence-electron chi connectivity index (χ0n) is 13.9. The molecule has 0 spiro atoms. The number of carbonyl (C=O) groups is 1. The van der Waals surface area contributed by atoms with Crippen LogP contribution in [0.2, 0.25) is 0 Å². The van der Waals surface area contributed by atoms with Gasteiger partial charge in [0.1, 0.15) is 12.4 Å².